The Morgan fingerprint density at radius 1 is 1.27 bits per heavy atom. The van der Waals surface area contributed by atoms with Crippen LogP contribution in [0.25, 0.3) is 5.69 Å². The van der Waals surface area contributed by atoms with Gasteiger partial charge in [-0.1, -0.05) is 0 Å². The summed E-state index contributed by atoms with van der Waals surface area (Å²) in [6.07, 6.45) is 0. The van der Waals surface area contributed by atoms with Crippen molar-refractivity contribution in [3.63, 3.8) is 0 Å². The first-order valence-electron chi connectivity index (χ1n) is 5.71. The molecule has 0 bridgehead atoms. The molecule has 116 valence electrons. The number of rotatable bonds is 4. The summed E-state index contributed by atoms with van der Waals surface area (Å²) in [5, 5.41) is 18.2. The van der Waals surface area contributed by atoms with E-state index in [4.69, 9.17) is 9.66 Å². The van der Waals surface area contributed by atoms with Crippen LogP contribution in [0.1, 0.15) is 10.5 Å². The summed E-state index contributed by atoms with van der Waals surface area (Å²) in [4.78, 5) is 22.8. The molecule has 11 heteroatoms. The van der Waals surface area contributed by atoms with Crippen LogP contribution in [0.4, 0.5) is 5.69 Å². The second-order valence-corrected chi connectivity index (χ2v) is 5.47. The summed E-state index contributed by atoms with van der Waals surface area (Å²) in [6, 6.07) is 4.58. The fraction of sp³-hybridized carbons (Fsp3) is 0.0909. The summed E-state index contributed by atoms with van der Waals surface area (Å²) in [6.45, 7) is 0. The molecule has 0 spiro atoms. The monoisotopic (exact) mass is 326 g/mol. The van der Waals surface area contributed by atoms with Crippen LogP contribution in [0.3, 0.4) is 0 Å². The van der Waals surface area contributed by atoms with Crippen molar-refractivity contribution in [3.05, 3.63) is 40.3 Å². The Morgan fingerprint density at radius 3 is 2.32 bits per heavy atom. The Bertz CT molecular complexity index is 907. The van der Waals surface area contributed by atoms with E-state index in [1.54, 1.807) is 0 Å². The van der Waals surface area contributed by atoms with E-state index >= 15 is 0 Å². The molecule has 1 heterocycles. The highest BCUT2D eigenvalue weighted by Gasteiger charge is 2.20. The molecule has 1 aromatic carbocycles. The first kappa shape index (κ1) is 15.6. The van der Waals surface area contributed by atoms with Gasteiger partial charge in [0.05, 0.1) is 10.6 Å². The van der Waals surface area contributed by atoms with Crippen LogP contribution < -0.4 is 5.56 Å². The Morgan fingerprint density at radius 2 is 1.86 bits per heavy atom. The fourth-order valence-electron chi connectivity index (χ4n) is 1.72. The molecule has 10 nitrogen and oxygen atoms in total. The van der Waals surface area contributed by atoms with Gasteiger partial charge in [-0.05, 0) is 24.3 Å². The molecule has 1 aromatic heterocycles. The molecule has 2 rings (SSSR count). The average molecular weight is 326 g/mol. The maximum Gasteiger partial charge on any atom is 0.356 e. The average Bonchev–Trinajstić information content (AvgIpc) is 2.76. The van der Waals surface area contributed by atoms with E-state index in [1.165, 1.54) is 19.2 Å². The predicted molar refractivity (Wildman–Crippen MR) is 73.6 cm³/mol. The number of benzene rings is 1. The second-order valence-electron chi connectivity index (χ2n) is 4.05. The van der Waals surface area contributed by atoms with Gasteiger partial charge in [-0.25, -0.2) is 9.48 Å². The fourth-order valence-corrected chi connectivity index (χ4v) is 2.20. The van der Waals surface area contributed by atoms with Crippen molar-refractivity contribution in [2.24, 2.45) is 10.2 Å². The zero-order valence-electron chi connectivity index (χ0n) is 11.1. The molecule has 0 fully saturated rings. The van der Waals surface area contributed by atoms with Crippen molar-refractivity contribution in [1.29, 1.82) is 0 Å². The van der Waals surface area contributed by atoms with Crippen molar-refractivity contribution in [2.75, 3.05) is 7.05 Å². The van der Waals surface area contributed by atoms with Crippen molar-refractivity contribution in [3.8, 4) is 5.69 Å². The third-order valence-electron chi connectivity index (χ3n) is 2.67. The molecule has 0 atom stereocenters. The van der Waals surface area contributed by atoms with Gasteiger partial charge in [0.2, 0.25) is 0 Å². The van der Waals surface area contributed by atoms with Gasteiger partial charge in [-0.3, -0.25) is 14.4 Å². The molecule has 3 N–H and O–H groups in total. The quantitative estimate of drug-likeness (QED) is 0.558. The number of carbonyl (C=O) groups is 1. The SMILES string of the molecule is CN=Nc1c(C(=O)O)[nH]n(-c2ccc(S(=O)(=O)O)cc2)c1=O. The number of nitrogens with one attached hydrogen (secondary N) is 1. The van der Waals surface area contributed by atoms with Gasteiger partial charge in [0.25, 0.3) is 15.7 Å². The van der Waals surface area contributed by atoms with Crippen LogP contribution in [0.2, 0.25) is 0 Å². The number of nitrogens with zero attached hydrogens (tertiary/aromatic N) is 3. The van der Waals surface area contributed by atoms with E-state index in [-0.39, 0.29) is 16.3 Å². The van der Waals surface area contributed by atoms with Gasteiger partial charge >= 0.3 is 5.97 Å². The highest BCUT2D eigenvalue weighted by atomic mass is 32.2. The summed E-state index contributed by atoms with van der Waals surface area (Å²) >= 11 is 0. The van der Waals surface area contributed by atoms with E-state index in [9.17, 15) is 18.0 Å². The smallest absolute Gasteiger partial charge is 0.356 e. The van der Waals surface area contributed by atoms with E-state index < -0.39 is 27.3 Å². The lowest BCUT2D eigenvalue weighted by Crippen LogP contribution is -2.14. The van der Waals surface area contributed by atoms with Crippen molar-refractivity contribution >= 4 is 21.8 Å². The number of carboxylic acids is 1. The highest BCUT2D eigenvalue weighted by Crippen LogP contribution is 2.17. The third-order valence-corrected chi connectivity index (χ3v) is 3.54. The van der Waals surface area contributed by atoms with Crippen molar-refractivity contribution in [1.82, 2.24) is 9.78 Å². The van der Waals surface area contributed by atoms with Gasteiger partial charge < -0.3 is 5.11 Å². The standard InChI is InChI=1S/C11H10N4O6S/c1-12-13-8-9(11(17)18)14-15(10(8)16)6-2-4-7(5-3-6)22(19,20)21/h2-5,14H,1H3,(H,17,18)(H,19,20,21). The summed E-state index contributed by atoms with van der Waals surface area (Å²) < 4.78 is 31.7. The van der Waals surface area contributed by atoms with Gasteiger partial charge in [0.15, 0.2) is 11.4 Å². The number of aromatic carboxylic acids is 1. The molecular weight excluding hydrogens is 316 g/mol. The minimum Gasteiger partial charge on any atom is -0.476 e. The van der Waals surface area contributed by atoms with Gasteiger partial charge in [0, 0.05) is 7.05 Å². The molecule has 2 aromatic rings. The zero-order chi connectivity index (χ0) is 16.5. The maximum absolute atomic E-state index is 12.1. The largest absolute Gasteiger partial charge is 0.476 e. The number of hydrogen-bond acceptors (Lipinski definition) is 6. The van der Waals surface area contributed by atoms with Gasteiger partial charge in [-0.2, -0.15) is 13.5 Å². The first-order chi connectivity index (χ1) is 10.3. The lowest BCUT2D eigenvalue weighted by molar-refractivity contribution is 0.0691. The van der Waals surface area contributed by atoms with Gasteiger partial charge in [-0.15, -0.1) is 5.11 Å². The lowest BCUT2D eigenvalue weighted by Gasteiger charge is -2.02. The Kier molecular flexibility index (Phi) is 3.93. The predicted octanol–water partition coefficient (Wildman–Crippen LogP) is 0.824. The van der Waals surface area contributed by atoms with Gasteiger partial charge in [0.1, 0.15) is 0 Å². The van der Waals surface area contributed by atoms with Crippen molar-refractivity contribution in [2.45, 2.75) is 4.90 Å². The summed E-state index contributed by atoms with van der Waals surface area (Å²) in [5.74, 6) is -1.40. The zero-order valence-corrected chi connectivity index (χ0v) is 11.9. The number of aromatic nitrogens is 2. The molecule has 0 saturated heterocycles. The van der Waals surface area contributed by atoms with Crippen LogP contribution >= 0.6 is 0 Å². The van der Waals surface area contributed by atoms with Crippen LogP contribution in [-0.2, 0) is 10.1 Å². The molecule has 0 aliphatic heterocycles. The van der Waals surface area contributed by atoms with E-state index in [1.807, 2.05) is 0 Å². The minimum absolute atomic E-state index is 0.164. The number of carboxylic acid groups (broad SMARTS) is 1. The van der Waals surface area contributed by atoms with E-state index in [0.717, 1.165) is 16.8 Å². The van der Waals surface area contributed by atoms with E-state index in [2.05, 4.69) is 15.3 Å². The topological polar surface area (TPSA) is 154 Å². The normalized spacial score (nSPS) is 11.9. The molecule has 0 unspecified atom stereocenters. The van der Waals surface area contributed by atoms with Crippen LogP contribution in [0.5, 0.6) is 0 Å². The van der Waals surface area contributed by atoms with Crippen LogP contribution in [-0.4, -0.2) is 40.9 Å². The summed E-state index contributed by atoms with van der Waals surface area (Å²) in [7, 11) is -3.08. The second kappa shape index (κ2) is 5.54. The molecule has 0 saturated carbocycles. The molecule has 0 aliphatic carbocycles. The lowest BCUT2D eigenvalue weighted by atomic mass is 10.3. The Hall–Kier alpha value is -2.79. The number of aromatic amines is 1. The summed E-state index contributed by atoms with van der Waals surface area (Å²) in [5.41, 5.74) is -1.43. The Labute approximate surface area is 123 Å². The molecule has 0 radical (unpaired) electrons. The first-order valence-corrected chi connectivity index (χ1v) is 7.15. The minimum atomic E-state index is -4.36. The molecule has 22 heavy (non-hydrogen) atoms. The molecular formula is C11H10N4O6S. The maximum atomic E-state index is 12.1. The number of H-pyrrole nitrogens is 1. The van der Waals surface area contributed by atoms with Crippen LogP contribution in [0, 0.1) is 0 Å². The molecule has 0 amide bonds. The number of azo groups is 1. The van der Waals surface area contributed by atoms with Crippen molar-refractivity contribution < 1.29 is 22.9 Å². The molecule has 0 aliphatic rings. The van der Waals surface area contributed by atoms with E-state index in [0.29, 0.717) is 0 Å². The Balaban J connectivity index is 2.61. The van der Waals surface area contributed by atoms with Crippen LogP contribution in [0.15, 0.2) is 44.2 Å². The third kappa shape index (κ3) is 2.80. The highest BCUT2D eigenvalue weighted by molar-refractivity contribution is 7.85. The number of hydrogen-bond donors (Lipinski definition) is 3.